The zero-order valence-electron chi connectivity index (χ0n) is 18.6. The van der Waals surface area contributed by atoms with Gasteiger partial charge in [-0.1, -0.05) is 18.1 Å². The Labute approximate surface area is 194 Å². The quantitative estimate of drug-likeness (QED) is 0.395. The zero-order chi connectivity index (χ0) is 23.7. The summed E-state index contributed by atoms with van der Waals surface area (Å²) < 4.78 is 12.4. The van der Waals surface area contributed by atoms with Gasteiger partial charge in [-0.05, 0) is 61.9 Å². The number of nitrogens with zero attached hydrogens (tertiary/aromatic N) is 4. The minimum atomic E-state index is -0.353. The second kappa shape index (κ2) is 8.78. The summed E-state index contributed by atoms with van der Waals surface area (Å²) in [7, 11) is 0. The molecule has 0 aliphatic rings. The van der Waals surface area contributed by atoms with Gasteiger partial charge < -0.3 is 18.8 Å². The Morgan fingerprint density at radius 2 is 1.94 bits per heavy atom. The monoisotopic (exact) mass is 455 g/mol. The molecule has 0 spiro atoms. The first kappa shape index (κ1) is 21.3. The van der Waals surface area contributed by atoms with Crippen LogP contribution in [0.4, 0.5) is 5.69 Å². The molecule has 5 aromatic rings. The van der Waals surface area contributed by atoms with E-state index in [1.165, 1.54) is 6.26 Å². The lowest BCUT2D eigenvalue weighted by Gasteiger charge is -2.10. The molecule has 170 valence electrons. The van der Waals surface area contributed by atoms with Crippen LogP contribution in [-0.4, -0.2) is 25.6 Å². The largest absolute Gasteiger partial charge is 0.459 e. The van der Waals surface area contributed by atoms with E-state index in [0.29, 0.717) is 40.7 Å². The molecule has 1 amide bonds. The highest BCUT2D eigenvalue weighted by molar-refractivity contribution is 6.02. The standard InChI is InChI=1S/C25H21N5O4/c1-3-11-30-20-10-9-16(14-19(20)26-15(2)25(30)32)22-28-24(34-29-22)17-6-4-7-18(13-17)27-23(31)21-8-5-12-33-21/h4-10,12-14H,3,11H2,1-2H3,(H,27,31). The normalized spacial score (nSPS) is 11.1. The van der Waals surface area contributed by atoms with Crippen molar-refractivity contribution in [1.82, 2.24) is 19.7 Å². The Bertz CT molecular complexity index is 1550. The summed E-state index contributed by atoms with van der Waals surface area (Å²) in [4.78, 5) is 33.7. The lowest BCUT2D eigenvalue weighted by atomic mass is 10.1. The Morgan fingerprint density at radius 3 is 2.74 bits per heavy atom. The molecule has 0 radical (unpaired) electrons. The van der Waals surface area contributed by atoms with E-state index < -0.39 is 0 Å². The second-order valence-corrected chi connectivity index (χ2v) is 7.79. The van der Waals surface area contributed by atoms with Gasteiger partial charge in [0.25, 0.3) is 17.4 Å². The fraction of sp³-hybridized carbons (Fsp3) is 0.160. The number of rotatable bonds is 6. The summed E-state index contributed by atoms with van der Waals surface area (Å²) in [6.07, 6.45) is 2.28. The van der Waals surface area contributed by atoms with Crippen molar-refractivity contribution in [2.24, 2.45) is 0 Å². The van der Waals surface area contributed by atoms with Gasteiger partial charge in [-0.3, -0.25) is 9.59 Å². The third-order valence-corrected chi connectivity index (χ3v) is 5.35. The molecule has 5 rings (SSSR count). The van der Waals surface area contributed by atoms with Gasteiger partial charge in [0.15, 0.2) is 5.76 Å². The van der Waals surface area contributed by atoms with E-state index in [1.807, 2.05) is 31.2 Å². The van der Waals surface area contributed by atoms with E-state index in [-0.39, 0.29) is 17.2 Å². The van der Waals surface area contributed by atoms with Gasteiger partial charge in [-0.25, -0.2) is 4.98 Å². The molecule has 0 saturated heterocycles. The van der Waals surface area contributed by atoms with E-state index >= 15 is 0 Å². The summed E-state index contributed by atoms with van der Waals surface area (Å²) in [5.41, 5.74) is 3.77. The van der Waals surface area contributed by atoms with Crippen molar-refractivity contribution >= 4 is 22.6 Å². The van der Waals surface area contributed by atoms with Crippen LogP contribution in [0.2, 0.25) is 0 Å². The van der Waals surface area contributed by atoms with Gasteiger partial charge in [0.1, 0.15) is 5.69 Å². The maximum Gasteiger partial charge on any atom is 0.291 e. The molecule has 0 fully saturated rings. The third kappa shape index (κ3) is 3.99. The number of nitrogens with one attached hydrogen (secondary N) is 1. The highest BCUT2D eigenvalue weighted by atomic mass is 16.5. The number of hydrogen-bond donors (Lipinski definition) is 1. The highest BCUT2D eigenvalue weighted by Gasteiger charge is 2.15. The molecule has 0 unspecified atom stereocenters. The van der Waals surface area contributed by atoms with Gasteiger partial charge in [0, 0.05) is 23.4 Å². The van der Waals surface area contributed by atoms with E-state index in [1.54, 1.807) is 41.8 Å². The number of fused-ring (bicyclic) bond motifs is 1. The van der Waals surface area contributed by atoms with Crippen molar-refractivity contribution < 1.29 is 13.7 Å². The molecule has 2 aromatic carbocycles. The lowest BCUT2D eigenvalue weighted by Crippen LogP contribution is -2.24. The fourth-order valence-corrected chi connectivity index (χ4v) is 3.75. The molecule has 0 aliphatic heterocycles. The number of benzene rings is 2. The maximum absolute atomic E-state index is 12.5. The van der Waals surface area contributed by atoms with Crippen LogP contribution in [0.3, 0.4) is 0 Å². The summed E-state index contributed by atoms with van der Waals surface area (Å²) in [6, 6.07) is 15.9. The summed E-state index contributed by atoms with van der Waals surface area (Å²) in [5, 5.41) is 6.89. The van der Waals surface area contributed by atoms with Crippen LogP contribution in [0.5, 0.6) is 0 Å². The predicted octanol–water partition coefficient (Wildman–Crippen LogP) is 4.68. The molecule has 0 bridgehead atoms. The second-order valence-electron chi connectivity index (χ2n) is 7.79. The van der Waals surface area contributed by atoms with E-state index in [0.717, 1.165) is 17.5 Å². The number of furan rings is 1. The van der Waals surface area contributed by atoms with Crippen molar-refractivity contribution in [3.8, 4) is 22.8 Å². The van der Waals surface area contributed by atoms with Crippen molar-refractivity contribution in [2.75, 3.05) is 5.32 Å². The summed E-state index contributed by atoms with van der Waals surface area (Å²) in [6.45, 7) is 4.36. The Hall–Kier alpha value is -4.53. The molecule has 3 heterocycles. The Morgan fingerprint density at radius 1 is 1.06 bits per heavy atom. The number of carbonyl (C=O) groups excluding carboxylic acids is 1. The molecule has 34 heavy (non-hydrogen) atoms. The minimum Gasteiger partial charge on any atom is -0.459 e. The van der Waals surface area contributed by atoms with Crippen LogP contribution in [0.1, 0.15) is 29.6 Å². The number of carbonyl (C=O) groups is 1. The third-order valence-electron chi connectivity index (χ3n) is 5.35. The predicted molar refractivity (Wildman–Crippen MR) is 126 cm³/mol. The molecule has 9 heteroatoms. The fourth-order valence-electron chi connectivity index (χ4n) is 3.75. The molecule has 3 aromatic heterocycles. The van der Waals surface area contributed by atoms with Crippen molar-refractivity contribution in [1.29, 1.82) is 0 Å². The van der Waals surface area contributed by atoms with Gasteiger partial charge in [-0.2, -0.15) is 4.98 Å². The molecule has 0 atom stereocenters. The van der Waals surface area contributed by atoms with Gasteiger partial charge in [0.05, 0.1) is 17.3 Å². The number of hydrogen-bond acceptors (Lipinski definition) is 7. The van der Waals surface area contributed by atoms with Crippen LogP contribution in [-0.2, 0) is 6.54 Å². The van der Waals surface area contributed by atoms with Crippen LogP contribution < -0.4 is 10.9 Å². The smallest absolute Gasteiger partial charge is 0.291 e. The molecular weight excluding hydrogens is 434 g/mol. The average Bonchev–Trinajstić information content (AvgIpc) is 3.55. The first-order valence-electron chi connectivity index (χ1n) is 10.8. The number of anilines is 1. The minimum absolute atomic E-state index is 0.0806. The molecule has 1 N–H and O–H groups in total. The van der Waals surface area contributed by atoms with Crippen LogP contribution in [0, 0.1) is 6.92 Å². The maximum atomic E-state index is 12.5. The van der Waals surface area contributed by atoms with E-state index in [2.05, 4.69) is 20.4 Å². The van der Waals surface area contributed by atoms with Crippen LogP contribution in [0.15, 0.2) is 74.6 Å². The summed E-state index contributed by atoms with van der Waals surface area (Å²) in [5.74, 6) is 0.572. The Kier molecular flexibility index (Phi) is 5.51. The SMILES string of the molecule is CCCn1c(=O)c(C)nc2cc(-c3noc(-c4cccc(NC(=O)c5ccco5)c4)n3)ccc21. The Balaban J connectivity index is 1.44. The molecule has 9 nitrogen and oxygen atoms in total. The van der Waals surface area contributed by atoms with Crippen LogP contribution in [0.25, 0.3) is 33.9 Å². The van der Waals surface area contributed by atoms with Crippen molar-refractivity contribution in [3.05, 3.63) is 82.7 Å². The number of aromatic nitrogens is 4. The van der Waals surface area contributed by atoms with E-state index in [9.17, 15) is 9.59 Å². The van der Waals surface area contributed by atoms with Gasteiger partial charge in [0.2, 0.25) is 5.82 Å². The average molecular weight is 455 g/mol. The zero-order valence-corrected chi connectivity index (χ0v) is 18.6. The highest BCUT2D eigenvalue weighted by Crippen LogP contribution is 2.26. The number of amides is 1. The summed E-state index contributed by atoms with van der Waals surface area (Å²) >= 11 is 0. The van der Waals surface area contributed by atoms with Crippen LogP contribution >= 0.6 is 0 Å². The molecule has 0 saturated carbocycles. The molecular formula is C25H21N5O4. The van der Waals surface area contributed by atoms with Gasteiger partial charge in [-0.15, -0.1) is 0 Å². The van der Waals surface area contributed by atoms with Crippen molar-refractivity contribution in [2.45, 2.75) is 26.8 Å². The van der Waals surface area contributed by atoms with Crippen molar-refractivity contribution in [3.63, 3.8) is 0 Å². The lowest BCUT2D eigenvalue weighted by molar-refractivity contribution is 0.0996. The molecule has 0 aliphatic carbocycles. The number of aryl methyl sites for hydroxylation is 2. The first-order chi connectivity index (χ1) is 16.5. The van der Waals surface area contributed by atoms with E-state index in [4.69, 9.17) is 8.94 Å². The topological polar surface area (TPSA) is 116 Å². The first-order valence-corrected chi connectivity index (χ1v) is 10.8. The van der Waals surface area contributed by atoms with Gasteiger partial charge >= 0.3 is 0 Å².